The number of hydrogen-bond acceptors (Lipinski definition) is 4. The van der Waals surface area contributed by atoms with Crippen molar-refractivity contribution in [2.24, 2.45) is 0 Å². The molecule has 0 radical (unpaired) electrons. The summed E-state index contributed by atoms with van der Waals surface area (Å²) in [5, 5.41) is 0.330. The molecule has 0 aromatic heterocycles. The van der Waals surface area contributed by atoms with Crippen LogP contribution < -0.4 is 0 Å². The first-order valence-corrected chi connectivity index (χ1v) is 15.7. The van der Waals surface area contributed by atoms with Crippen LogP contribution in [0.3, 0.4) is 0 Å². The molecule has 0 aromatic rings. The highest BCUT2D eigenvalue weighted by molar-refractivity contribution is 6.74. The van der Waals surface area contributed by atoms with Gasteiger partial charge in [-0.2, -0.15) is 0 Å². The van der Waals surface area contributed by atoms with Crippen LogP contribution in [0.15, 0.2) is 0 Å². The van der Waals surface area contributed by atoms with Crippen LogP contribution in [0, 0.1) is 0 Å². The predicted octanol–water partition coefficient (Wildman–Crippen LogP) is 6.13. The number of carbonyl (C=O) groups is 1. The first-order valence-electron chi connectivity index (χ1n) is 9.90. The molecule has 0 N–H and O–H groups in total. The van der Waals surface area contributed by atoms with Gasteiger partial charge >= 0.3 is 5.97 Å². The molecule has 6 heteroatoms. The van der Waals surface area contributed by atoms with Crippen LogP contribution in [0.5, 0.6) is 0 Å². The summed E-state index contributed by atoms with van der Waals surface area (Å²) in [6, 6.07) is 0. The second-order valence-corrected chi connectivity index (χ2v) is 20.1. The van der Waals surface area contributed by atoms with E-state index in [2.05, 4.69) is 74.7 Å². The monoisotopic (exact) mass is 404 g/mol. The topological polar surface area (TPSA) is 44.8 Å². The van der Waals surface area contributed by atoms with E-state index in [0.717, 1.165) is 6.42 Å². The molecule has 0 aliphatic carbocycles. The van der Waals surface area contributed by atoms with Gasteiger partial charge in [-0.05, 0) is 50.1 Å². The fraction of sp³-hybridized carbons (Fsp3) is 0.950. The lowest BCUT2D eigenvalue weighted by molar-refractivity contribution is -0.145. The molecule has 0 saturated heterocycles. The standard InChI is InChI=1S/C20H44O4Si2/c1-16(23-25(9,10)19(3,4)5)13-14-22-18(21)15-17(2)24-26(11,12)20(6,7)8/h16-17H,13-15H2,1-12H3. The summed E-state index contributed by atoms with van der Waals surface area (Å²) >= 11 is 0. The minimum Gasteiger partial charge on any atom is -0.466 e. The van der Waals surface area contributed by atoms with Crippen LogP contribution >= 0.6 is 0 Å². The van der Waals surface area contributed by atoms with Crippen molar-refractivity contribution in [2.75, 3.05) is 6.61 Å². The normalized spacial score (nSPS) is 16.3. The molecule has 0 aromatic carbocycles. The molecule has 0 amide bonds. The van der Waals surface area contributed by atoms with Crippen LogP contribution in [-0.4, -0.2) is 41.4 Å². The fourth-order valence-corrected chi connectivity index (χ4v) is 5.01. The quantitative estimate of drug-likeness (QED) is 0.342. The van der Waals surface area contributed by atoms with Crippen molar-refractivity contribution in [3.8, 4) is 0 Å². The van der Waals surface area contributed by atoms with Gasteiger partial charge in [0.05, 0.1) is 19.1 Å². The van der Waals surface area contributed by atoms with Gasteiger partial charge in [0, 0.05) is 12.5 Å². The molecule has 0 aliphatic heterocycles. The summed E-state index contributed by atoms with van der Waals surface area (Å²) in [6.45, 7) is 26.6. The van der Waals surface area contributed by atoms with Crippen molar-refractivity contribution < 1.29 is 18.4 Å². The minimum atomic E-state index is -1.85. The van der Waals surface area contributed by atoms with Crippen molar-refractivity contribution in [2.45, 2.75) is 117 Å². The Balaban J connectivity index is 4.28. The number of carbonyl (C=O) groups excluding carboxylic acids is 1. The lowest BCUT2D eigenvalue weighted by Gasteiger charge is -2.38. The summed E-state index contributed by atoms with van der Waals surface area (Å²) in [5.74, 6) is -0.185. The first kappa shape index (κ1) is 25.8. The largest absolute Gasteiger partial charge is 0.466 e. The molecule has 0 fully saturated rings. The van der Waals surface area contributed by atoms with Crippen LogP contribution in [-0.2, 0) is 18.4 Å². The summed E-state index contributed by atoms with van der Waals surface area (Å²) in [7, 11) is -3.62. The van der Waals surface area contributed by atoms with Crippen LogP contribution in [0.1, 0.15) is 68.2 Å². The molecule has 0 heterocycles. The molecule has 2 atom stereocenters. The first-order chi connectivity index (χ1) is 11.4. The van der Waals surface area contributed by atoms with Gasteiger partial charge in [0.2, 0.25) is 0 Å². The number of ether oxygens (including phenoxy) is 1. The Bertz CT molecular complexity index is 448. The lowest BCUT2D eigenvalue weighted by atomic mass is 10.2. The summed E-state index contributed by atoms with van der Waals surface area (Å²) in [4.78, 5) is 12.1. The van der Waals surface area contributed by atoms with Gasteiger partial charge in [0.25, 0.3) is 0 Å². The highest BCUT2D eigenvalue weighted by Crippen LogP contribution is 2.38. The van der Waals surface area contributed by atoms with Crippen molar-refractivity contribution in [1.29, 1.82) is 0 Å². The van der Waals surface area contributed by atoms with Gasteiger partial charge in [-0.3, -0.25) is 4.79 Å². The van der Waals surface area contributed by atoms with Gasteiger partial charge in [-0.1, -0.05) is 41.5 Å². The average molecular weight is 405 g/mol. The third-order valence-electron chi connectivity index (χ3n) is 5.85. The molecule has 156 valence electrons. The van der Waals surface area contributed by atoms with Crippen LogP contribution in [0.25, 0.3) is 0 Å². The number of esters is 1. The third kappa shape index (κ3) is 8.67. The van der Waals surface area contributed by atoms with Crippen LogP contribution in [0.4, 0.5) is 0 Å². The Morgan fingerprint density at radius 3 is 1.58 bits per heavy atom. The summed E-state index contributed by atoms with van der Waals surface area (Å²) in [6.07, 6.45) is 1.04. The van der Waals surface area contributed by atoms with E-state index in [0.29, 0.717) is 13.0 Å². The average Bonchev–Trinajstić information content (AvgIpc) is 2.33. The Kier molecular flexibility index (Phi) is 9.28. The molecule has 2 unspecified atom stereocenters. The fourth-order valence-electron chi connectivity index (χ4n) is 2.09. The van der Waals surface area contributed by atoms with Gasteiger partial charge < -0.3 is 13.6 Å². The molecule has 4 nitrogen and oxygen atoms in total. The van der Waals surface area contributed by atoms with Gasteiger partial charge in [0.1, 0.15) is 0 Å². The highest BCUT2D eigenvalue weighted by Gasteiger charge is 2.39. The van der Waals surface area contributed by atoms with E-state index in [-0.39, 0.29) is 28.3 Å². The maximum atomic E-state index is 12.1. The molecule has 26 heavy (non-hydrogen) atoms. The molecule has 0 aliphatic rings. The molecule has 0 rings (SSSR count). The van der Waals surface area contributed by atoms with Crippen LogP contribution in [0.2, 0.25) is 36.3 Å². The van der Waals surface area contributed by atoms with E-state index in [9.17, 15) is 4.79 Å². The Morgan fingerprint density at radius 2 is 1.19 bits per heavy atom. The zero-order valence-corrected chi connectivity index (χ0v) is 21.4. The molecular formula is C20H44O4Si2. The highest BCUT2D eigenvalue weighted by atomic mass is 28.4. The summed E-state index contributed by atoms with van der Waals surface area (Å²) in [5.41, 5.74) is 0. The SMILES string of the molecule is CC(CCOC(=O)CC(C)O[Si](C)(C)C(C)(C)C)O[Si](C)(C)C(C)(C)C. The van der Waals surface area contributed by atoms with E-state index in [1.165, 1.54) is 0 Å². The molecule has 0 spiro atoms. The summed E-state index contributed by atoms with van der Waals surface area (Å²) < 4.78 is 17.9. The Hall–Kier alpha value is -0.176. The minimum absolute atomic E-state index is 0.101. The predicted molar refractivity (Wildman–Crippen MR) is 116 cm³/mol. The molecular weight excluding hydrogens is 360 g/mol. The van der Waals surface area contributed by atoms with E-state index >= 15 is 0 Å². The maximum Gasteiger partial charge on any atom is 0.308 e. The smallest absolute Gasteiger partial charge is 0.308 e. The third-order valence-corrected chi connectivity index (χ3v) is 15.1. The van der Waals surface area contributed by atoms with Crippen molar-refractivity contribution in [3.05, 3.63) is 0 Å². The van der Waals surface area contributed by atoms with E-state index in [1.807, 2.05) is 6.92 Å². The van der Waals surface area contributed by atoms with E-state index in [4.69, 9.17) is 13.6 Å². The molecule has 0 bridgehead atoms. The molecule has 0 saturated carbocycles. The Labute approximate surface area is 164 Å². The van der Waals surface area contributed by atoms with Gasteiger partial charge in [-0.25, -0.2) is 0 Å². The Morgan fingerprint density at radius 1 is 0.808 bits per heavy atom. The van der Waals surface area contributed by atoms with Crippen molar-refractivity contribution >= 4 is 22.6 Å². The number of hydrogen-bond donors (Lipinski definition) is 0. The van der Waals surface area contributed by atoms with Gasteiger partial charge in [-0.15, -0.1) is 0 Å². The number of rotatable bonds is 9. The lowest BCUT2D eigenvalue weighted by Crippen LogP contribution is -2.44. The van der Waals surface area contributed by atoms with E-state index in [1.54, 1.807) is 0 Å². The zero-order valence-electron chi connectivity index (χ0n) is 19.4. The van der Waals surface area contributed by atoms with Crippen molar-refractivity contribution in [1.82, 2.24) is 0 Å². The van der Waals surface area contributed by atoms with Gasteiger partial charge in [0.15, 0.2) is 16.6 Å². The maximum absolute atomic E-state index is 12.1. The second-order valence-electron chi connectivity index (χ2n) is 10.6. The second kappa shape index (κ2) is 9.35. The van der Waals surface area contributed by atoms with Crippen molar-refractivity contribution in [3.63, 3.8) is 0 Å². The van der Waals surface area contributed by atoms with E-state index < -0.39 is 16.6 Å². The zero-order chi connectivity index (χ0) is 21.0.